The standard InChI is InChI=1S/C7H11NO2S/c1-10-5-6(9)4-7-8-2-3-11-7/h2-3,6,9H,4-5H2,1H3. The molecule has 0 fully saturated rings. The van der Waals surface area contributed by atoms with Gasteiger partial charge in [-0.25, -0.2) is 4.98 Å². The lowest BCUT2D eigenvalue weighted by Crippen LogP contribution is -2.16. The highest BCUT2D eigenvalue weighted by Crippen LogP contribution is 2.06. The molecule has 0 amide bonds. The van der Waals surface area contributed by atoms with Crippen LogP contribution < -0.4 is 0 Å². The summed E-state index contributed by atoms with van der Waals surface area (Å²) >= 11 is 1.55. The van der Waals surface area contributed by atoms with Crippen LogP contribution in [0.25, 0.3) is 0 Å². The van der Waals surface area contributed by atoms with Crippen LogP contribution in [-0.2, 0) is 11.2 Å². The summed E-state index contributed by atoms with van der Waals surface area (Å²) in [6.45, 7) is 0.375. The molecule has 1 heterocycles. The number of methoxy groups -OCH3 is 1. The summed E-state index contributed by atoms with van der Waals surface area (Å²) in [5, 5.41) is 12.1. The average molecular weight is 173 g/mol. The lowest BCUT2D eigenvalue weighted by molar-refractivity contribution is 0.0650. The Balaban J connectivity index is 2.31. The maximum atomic E-state index is 9.26. The van der Waals surface area contributed by atoms with E-state index in [1.807, 2.05) is 5.38 Å². The van der Waals surface area contributed by atoms with Gasteiger partial charge >= 0.3 is 0 Å². The molecule has 0 spiro atoms. The van der Waals surface area contributed by atoms with Crippen molar-refractivity contribution in [2.24, 2.45) is 0 Å². The van der Waals surface area contributed by atoms with E-state index in [9.17, 15) is 5.11 Å². The van der Waals surface area contributed by atoms with Crippen molar-refractivity contribution in [1.29, 1.82) is 0 Å². The number of rotatable bonds is 4. The van der Waals surface area contributed by atoms with Gasteiger partial charge in [0, 0.05) is 25.1 Å². The molecule has 0 aliphatic heterocycles. The molecule has 1 rings (SSSR count). The van der Waals surface area contributed by atoms with E-state index in [4.69, 9.17) is 4.74 Å². The fraction of sp³-hybridized carbons (Fsp3) is 0.571. The first-order valence-corrected chi connectivity index (χ1v) is 4.26. The van der Waals surface area contributed by atoms with Gasteiger partial charge in [-0.2, -0.15) is 0 Å². The Morgan fingerprint density at radius 3 is 3.18 bits per heavy atom. The van der Waals surface area contributed by atoms with Crippen LogP contribution >= 0.6 is 11.3 Å². The highest BCUT2D eigenvalue weighted by Gasteiger charge is 2.05. The molecule has 0 aliphatic carbocycles. The second-order valence-electron chi connectivity index (χ2n) is 2.24. The maximum absolute atomic E-state index is 9.26. The molecule has 0 saturated heterocycles. The minimum absolute atomic E-state index is 0.375. The SMILES string of the molecule is COCC(O)Cc1nccs1. The number of hydrogen-bond donors (Lipinski definition) is 1. The van der Waals surface area contributed by atoms with E-state index in [2.05, 4.69) is 4.98 Å². The molecular weight excluding hydrogens is 162 g/mol. The predicted molar refractivity (Wildman–Crippen MR) is 43.7 cm³/mol. The first kappa shape index (κ1) is 8.64. The number of nitrogens with zero attached hydrogens (tertiary/aromatic N) is 1. The number of aromatic nitrogens is 1. The van der Waals surface area contributed by atoms with Gasteiger partial charge in [-0.1, -0.05) is 0 Å². The van der Waals surface area contributed by atoms with Crippen LogP contribution in [0.2, 0.25) is 0 Å². The largest absolute Gasteiger partial charge is 0.390 e. The molecule has 1 aromatic heterocycles. The van der Waals surface area contributed by atoms with E-state index in [1.165, 1.54) is 0 Å². The van der Waals surface area contributed by atoms with Crippen molar-refractivity contribution in [3.63, 3.8) is 0 Å². The van der Waals surface area contributed by atoms with E-state index >= 15 is 0 Å². The van der Waals surface area contributed by atoms with Gasteiger partial charge in [0.25, 0.3) is 0 Å². The average Bonchev–Trinajstić information content (AvgIpc) is 2.40. The summed E-state index contributed by atoms with van der Waals surface area (Å²) in [6.07, 6.45) is 1.90. The van der Waals surface area contributed by atoms with Crippen LogP contribution in [0.4, 0.5) is 0 Å². The van der Waals surface area contributed by atoms with Crippen molar-refractivity contribution >= 4 is 11.3 Å². The Bertz CT molecular complexity index is 188. The molecule has 11 heavy (non-hydrogen) atoms. The lowest BCUT2D eigenvalue weighted by Gasteiger charge is -2.05. The molecular formula is C7H11NO2S. The second-order valence-corrected chi connectivity index (χ2v) is 3.22. The van der Waals surface area contributed by atoms with Crippen molar-refractivity contribution in [2.75, 3.05) is 13.7 Å². The summed E-state index contributed by atoms with van der Waals surface area (Å²) in [5.74, 6) is 0. The number of aliphatic hydroxyl groups excluding tert-OH is 1. The molecule has 4 heteroatoms. The van der Waals surface area contributed by atoms with Crippen LogP contribution in [0.15, 0.2) is 11.6 Å². The monoisotopic (exact) mass is 173 g/mol. The molecule has 0 saturated carbocycles. The van der Waals surface area contributed by atoms with Crippen molar-refractivity contribution in [1.82, 2.24) is 4.98 Å². The Labute approximate surface area is 69.7 Å². The first-order valence-electron chi connectivity index (χ1n) is 3.38. The second kappa shape index (κ2) is 4.43. The van der Waals surface area contributed by atoms with Crippen LogP contribution in [0.1, 0.15) is 5.01 Å². The Morgan fingerprint density at radius 1 is 1.82 bits per heavy atom. The Kier molecular flexibility index (Phi) is 3.48. The van der Waals surface area contributed by atoms with Crippen molar-refractivity contribution in [3.05, 3.63) is 16.6 Å². The molecule has 1 unspecified atom stereocenters. The van der Waals surface area contributed by atoms with Crippen LogP contribution in [0.5, 0.6) is 0 Å². The Hall–Kier alpha value is -0.450. The highest BCUT2D eigenvalue weighted by atomic mass is 32.1. The predicted octanol–water partition coefficient (Wildman–Crippen LogP) is 0.693. The van der Waals surface area contributed by atoms with Crippen LogP contribution in [0.3, 0.4) is 0 Å². The summed E-state index contributed by atoms with van der Waals surface area (Å²) in [6, 6.07) is 0. The van der Waals surface area contributed by atoms with Crippen molar-refractivity contribution in [3.8, 4) is 0 Å². The molecule has 62 valence electrons. The van der Waals surface area contributed by atoms with Gasteiger partial charge in [0.2, 0.25) is 0 Å². The first-order chi connectivity index (χ1) is 5.33. The van der Waals surface area contributed by atoms with Gasteiger partial charge in [-0.15, -0.1) is 11.3 Å². The van der Waals surface area contributed by atoms with Gasteiger partial charge in [0.05, 0.1) is 17.7 Å². The molecule has 0 radical (unpaired) electrons. The van der Waals surface area contributed by atoms with Gasteiger partial charge in [0.15, 0.2) is 0 Å². The zero-order valence-electron chi connectivity index (χ0n) is 6.36. The van der Waals surface area contributed by atoms with Crippen LogP contribution in [-0.4, -0.2) is 29.9 Å². The van der Waals surface area contributed by atoms with E-state index in [0.717, 1.165) is 5.01 Å². The summed E-state index contributed by atoms with van der Waals surface area (Å²) < 4.78 is 4.78. The lowest BCUT2D eigenvalue weighted by atomic mass is 10.3. The van der Waals surface area contributed by atoms with Crippen molar-refractivity contribution < 1.29 is 9.84 Å². The topological polar surface area (TPSA) is 42.4 Å². The minimum atomic E-state index is -0.425. The van der Waals surface area contributed by atoms with Gasteiger partial charge < -0.3 is 9.84 Å². The molecule has 1 aromatic rings. The molecule has 3 nitrogen and oxygen atoms in total. The number of ether oxygens (including phenoxy) is 1. The molecule has 0 aliphatic rings. The van der Waals surface area contributed by atoms with Crippen molar-refractivity contribution in [2.45, 2.75) is 12.5 Å². The summed E-state index contributed by atoms with van der Waals surface area (Å²) in [4.78, 5) is 4.04. The van der Waals surface area contributed by atoms with E-state index in [-0.39, 0.29) is 0 Å². The smallest absolute Gasteiger partial charge is 0.0951 e. The fourth-order valence-corrected chi connectivity index (χ4v) is 1.50. The third kappa shape index (κ3) is 2.96. The highest BCUT2D eigenvalue weighted by molar-refractivity contribution is 7.09. The summed E-state index contributed by atoms with van der Waals surface area (Å²) in [7, 11) is 1.57. The third-order valence-corrected chi connectivity index (χ3v) is 2.05. The molecule has 0 aromatic carbocycles. The minimum Gasteiger partial charge on any atom is -0.390 e. The van der Waals surface area contributed by atoms with E-state index < -0.39 is 6.10 Å². The normalized spacial score (nSPS) is 13.3. The Morgan fingerprint density at radius 2 is 2.64 bits per heavy atom. The molecule has 1 atom stereocenters. The van der Waals surface area contributed by atoms with Crippen LogP contribution in [0, 0.1) is 0 Å². The number of thiazole rings is 1. The van der Waals surface area contributed by atoms with Gasteiger partial charge in [-0.05, 0) is 0 Å². The fourth-order valence-electron chi connectivity index (χ4n) is 0.807. The van der Waals surface area contributed by atoms with Gasteiger partial charge in [-0.3, -0.25) is 0 Å². The summed E-state index contributed by atoms with van der Waals surface area (Å²) in [5.41, 5.74) is 0. The van der Waals surface area contributed by atoms with E-state index in [0.29, 0.717) is 13.0 Å². The zero-order chi connectivity index (χ0) is 8.10. The zero-order valence-corrected chi connectivity index (χ0v) is 7.17. The quantitative estimate of drug-likeness (QED) is 0.728. The van der Waals surface area contributed by atoms with Gasteiger partial charge in [0.1, 0.15) is 0 Å². The number of aliphatic hydroxyl groups is 1. The number of hydrogen-bond acceptors (Lipinski definition) is 4. The van der Waals surface area contributed by atoms with E-state index in [1.54, 1.807) is 24.6 Å². The third-order valence-electron chi connectivity index (χ3n) is 1.25. The maximum Gasteiger partial charge on any atom is 0.0951 e. The molecule has 0 bridgehead atoms. The molecule has 1 N–H and O–H groups in total.